The highest BCUT2D eigenvalue weighted by Crippen LogP contribution is 2.24. The van der Waals surface area contributed by atoms with Crippen LogP contribution in [0.15, 0.2) is 30.5 Å². The van der Waals surface area contributed by atoms with E-state index in [1.165, 1.54) is 0 Å². The summed E-state index contributed by atoms with van der Waals surface area (Å²) in [7, 11) is 1.64. The Kier molecular flexibility index (Phi) is 3.15. The quantitative estimate of drug-likeness (QED) is 0.712. The van der Waals surface area contributed by atoms with Crippen molar-refractivity contribution >= 4 is 22.6 Å². The molecule has 0 atom stereocenters. The fourth-order valence-corrected chi connectivity index (χ4v) is 2.45. The number of aromatic amines is 1. The van der Waals surface area contributed by atoms with Crippen molar-refractivity contribution in [3.8, 4) is 22.8 Å². The van der Waals surface area contributed by atoms with Gasteiger partial charge in [0.05, 0.1) is 24.6 Å². The molecule has 0 aliphatic carbocycles. The third-order valence-electron chi connectivity index (χ3n) is 2.61. The SMILES string of the molecule is COc1ccc(-n2ncc(-c3nn[nH]n3)c2I)cc1. The molecule has 19 heavy (non-hydrogen) atoms. The van der Waals surface area contributed by atoms with Crippen LogP contribution in [0.25, 0.3) is 17.1 Å². The van der Waals surface area contributed by atoms with Gasteiger partial charge in [0.1, 0.15) is 9.45 Å². The van der Waals surface area contributed by atoms with Crippen molar-refractivity contribution < 1.29 is 4.74 Å². The van der Waals surface area contributed by atoms with Crippen molar-refractivity contribution in [1.82, 2.24) is 30.4 Å². The summed E-state index contributed by atoms with van der Waals surface area (Å²) in [5.74, 6) is 1.34. The van der Waals surface area contributed by atoms with Gasteiger partial charge in [-0.3, -0.25) is 0 Å². The van der Waals surface area contributed by atoms with Crippen molar-refractivity contribution in [1.29, 1.82) is 0 Å². The van der Waals surface area contributed by atoms with Crippen molar-refractivity contribution in [2.75, 3.05) is 7.11 Å². The minimum Gasteiger partial charge on any atom is -0.497 e. The third kappa shape index (κ3) is 2.18. The fraction of sp³-hybridized carbons (Fsp3) is 0.0909. The summed E-state index contributed by atoms with van der Waals surface area (Å²) in [6.07, 6.45) is 1.72. The molecule has 8 heteroatoms. The number of methoxy groups -OCH3 is 1. The lowest BCUT2D eigenvalue weighted by Crippen LogP contribution is -1.99. The predicted octanol–water partition coefficient (Wildman–Crippen LogP) is 1.67. The largest absolute Gasteiger partial charge is 0.497 e. The molecule has 1 aromatic carbocycles. The van der Waals surface area contributed by atoms with E-state index in [0.717, 1.165) is 20.7 Å². The van der Waals surface area contributed by atoms with Gasteiger partial charge in [-0.05, 0) is 52.1 Å². The van der Waals surface area contributed by atoms with Crippen LogP contribution in [0.4, 0.5) is 0 Å². The molecule has 0 aliphatic rings. The minimum atomic E-state index is 0.532. The second kappa shape index (κ2) is 4.96. The molecule has 2 heterocycles. The first kappa shape index (κ1) is 12.1. The van der Waals surface area contributed by atoms with Crippen LogP contribution in [-0.4, -0.2) is 37.5 Å². The fourth-order valence-electron chi connectivity index (χ4n) is 1.66. The van der Waals surface area contributed by atoms with Gasteiger partial charge in [0.15, 0.2) is 0 Å². The number of aromatic nitrogens is 6. The molecule has 2 aromatic heterocycles. The van der Waals surface area contributed by atoms with Crippen LogP contribution in [0.2, 0.25) is 0 Å². The van der Waals surface area contributed by atoms with E-state index in [-0.39, 0.29) is 0 Å². The van der Waals surface area contributed by atoms with Crippen LogP contribution in [0.1, 0.15) is 0 Å². The van der Waals surface area contributed by atoms with Crippen LogP contribution in [0.5, 0.6) is 5.75 Å². The summed E-state index contributed by atoms with van der Waals surface area (Å²) in [6.45, 7) is 0. The summed E-state index contributed by atoms with van der Waals surface area (Å²) in [4.78, 5) is 0. The van der Waals surface area contributed by atoms with E-state index in [1.54, 1.807) is 13.3 Å². The van der Waals surface area contributed by atoms with Gasteiger partial charge in [0.25, 0.3) is 0 Å². The summed E-state index contributed by atoms with van der Waals surface area (Å²) >= 11 is 2.21. The first-order chi connectivity index (χ1) is 9.29. The average Bonchev–Trinajstić information content (AvgIpc) is 3.08. The average molecular weight is 368 g/mol. The minimum absolute atomic E-state index is 0.532. The van der Waals surface area contributed by atoms with Gasteiger partial charge in [0.2, 0.25) is 5.82 Å². The van der Waals surface area contributed by atoms with Crippen LogP contribution in [0, 0.1) is 3.70 Å². The van der Waals surface area contributed by atoms with Gasteiger partial charge in [-0.1, -0.05) is 0 Å². The number of hydrogen-bond donors (Lipinski definition) is 1. The Morgan fingerprint density at radius 1 is 1.26 bits per heavy atom. The standard InChI is InChI=1S/C11H9IN6O/c1-19-8-4-2-7(3-5-8)18-10(12)9(6-13-18)11-14-16-17-15-11/h2-6H,1H3,(H,14,15,16,17). The molecule has 0 radical (unpaired) electrons. The molecule has 7 nitrogen and oxygen atoms in total. The molecule has 0 spiro atoms. The normalized spacial score (nSPS) is 10.6. The Hall–Kier alpha value is -1.97. The van der Waals surface area contributed by atoms with Gasteiger partial charge < -0.3 is 4.74 Å². The summed E-state index contributed by atoms with van der Waals surface area (Å²) in [5.41, 5.74) is 1.78. The molecular formula is C11H9IN6O. The van der Waals surface area contributed by atoms with Crippen molar-refractivity contribution in [3.05, 3.63) is 34.2 Å². The number of hydrogen-bond acceptors (Lipinski definition) is 5. The van der Waals surface area contributed by atoms with Gasteiger partial charge in [-0.15, -0.1) is 10.2 Å². The number of ether oxygens (including phenoxy) is 1. The monoisotopic (exact) mass is 368 g/mol. The van der Waals surface area contributed by atoms with Crippen molar-refractivity contribution in [3.63, 3.8) is 0 Å². The molecule has 0 amide bonds. The molecule has 0 bridgehead atoms. The molecule has 96 valence electrons. The second-order valence-electron chi connectivity index (χ2n) is 3.69. The van der Waals surface area contributed by atoms with Gasteiger partial charge in [0, 0.05) is 0 Å². The molecule has 0 unspecified atom stereocenters. The Labute approximate surface area is 122 Å². The maximum absolute atomic E-state index is 5.14. The number of H-pyrrole nitrogens is 1. The number of nitrogens with zero attached hydrogens (tertiary/aromatic N) is 5. The Morgan fingerprint density at radius 2 is 2.05 bits per heavy atom. The zero-order chi connectivity index (χ0) is 13.2. The first-order valence-corrected chi connectivity index (χ1v) is 6.49. The highest BCUT2D eigenvalue weighted by atomic mass is 127. The molecule has 0 fully saturated rings. The van der Waals surface area contributed by atoms with E-state index >= 15 is 0 Å². The van der Waals surface area contributed by atoms with Crippen molar-refractivity contribution in [2.45, 2.75) is 0 Å². The highest BCUT2D eigenvalue weighted by molar-refractivity contribution is 14.1. The predicted molar refractivity (Wildman–Crippen MR) is 76.0 cm³/mol. The molecular weight excluding hydrogens is 359 g/mol. The number of tetrazole rings is 1. The number of rotatable bonds is 3. The number of nitrogens with one attached hydrogen (secondary N) is 1. The van der Waals surface area contributed by atoms with Crippen LogP contribution in [0.3, 0.4) is 0 Å². The van der Waals surface area contributed by atoms with E-state index in [2.05, 4.69) is 48.3 Å². The molecule has 0 aliphatic heterocycles. The number of halogens is 1. The zero-order valence-electron chi connectivity index (χ0n) is 9.91. The Bertz CT molecular complexity index is 676. The first-order valence-electron chi connectivity index (χ1n) is 5.41. The van der Waals surface area contributed by atoms with E-state index < -0.39 is 0 Å². The topological polar surface area (TPSA) is 81.5 Å². The van der Waals surface area contributed by atoms with E-state index in [1.807, 2.05) is 28.9 Å². The highest BCUT2D eigenvalue weighted by Gasteiger charge is 2.14. The summed E-state index contributed by atoms with van der Waals surface area (Å²) < 4.78 is 7.87. The molecule has 0 saturated carbocycles. The lowest BCUT2D eigenvalue weighted by atomic mass is 10.3. The molecule has 3 aromatic rings. The van der Waals surface area contributed by atoms with E-state index in [4.69, 9.17) is 4.74 Å². The molecule has 1 N–H and O–H groups in total. The van der Waals surface area contributed by atoms with E-state index in [0.29, 0.717) is 5.82 Å². The van der Waals surface area contributed by atoms with Crippen LogP contribution in [-0.2, 0) is 0 Å². The van der Waals surface area contributed by atoms with Gasteiger partial charge in [-0.2, -0.15) is 10.3 Å². The third-order valence-corrected chi connectivity index (χ3v) is 3.65. The smallest absolute Gasteiger partial charge is 0.208 e. The Balaban J connectivity index is 2.01. The van der Waals surface area contributed by atoms with Crippen LogP contribution < -0.4 is 4.74 Å². The maximum Gasteiger partial charge on any atom is 0.208 e. The molecule has 3 rings (SSSR count). The summed E-state index contributed by atoms with van der Waals surface area (Å²) in [6, 6.07) is 7.66. The van der Waals surface area contributed by atoms with E-state index in [9.17, 15) is 0 Å². The maximum atomic E-state index is 5.14. The number of benzene rings is 1. The summed E-state index contributed by atoms with van der Waals surface area (Å²) in [5, 5.41) is 18.2. The van der Waals surface area contributed by atoms with Gasteiger partial charge in [-0.25, -0.2) is 4.68 Å². The molecule has 0 saturated heterocycles. The zero-order valence-corrected chi connectivity index (χ0v) is 12.1. The van der Waals surface area contributed by atoms with Crippen molar-refractivity contribution in [2.24, 2.45) is 0 Å². The lowest BCUT2D eigenvalue weighted by molar-refractivity contribution is 0.414. The van der Waals surface area contributed by atoms with Crippen LogP contribution >= 0.6 is 22.6 Å². The lowest BCUT2D eigenvalue weighted by Gasteiger charge is -2.05. The Morgan fingerprint density at radius 3 is 2.68 bits per heavy atom. The second-order valence-corrected chi connectivity index (χ2v) is 4.72. The van der Waals surface area contributed by atoms with Gasteiger partial charge >= 0.3 is 0 Å².